The Labute approximate surface area is 133 Å². The summed E-state index contributed by atoms with van der Waals surface area (Å²) in [7, 11) is 0. The molecule has 0 saturated heterocycles. The average Bonchev–Trinajstić information content (AvgIpc) is 2.90. The maximum atomic E-state index is 11.2. The summed E-state index contributed by atoms with van der Waals surface area (Å²) in [6, 6.07) is 3.47. The highest BCUT2D eigenvalue weighted by molar-refractivity contribution is 7.00. The Kier molecular flexibility index (Phi) is 3.71. The van der Waals surface area contributed by atoms with Gasteiger partial charge in [-0.05, 0) is 19.1 Å². The quantitative estimate of drug-likeness (QED) is 0.579. The fourth-order valence-corrected chi connectivity index (χ4v) is 2.81. The largest absolute Gasteiger partial charge is 0.336 e. The number of halogens is 2. The Bertz CT molecular complexity index is 851. The molecule has 1 aromatic carbocycles. The van der Waals surface area contributed by atoms with Gasteiger partial charge in [0.05, 0.1) is 28.0 Å². The van der Waals surface area contributed by atoms with Gasteiger partial charge in [-0.2, -0.15) is 8.75 Å². The molecule has 0 spiro atoms. The van der Waals surface area contributed by atoms with Crippen LogP contribution in [-0.4, -0.2) is 25.0 Å². The van der Waals surface area contributed by atoms with E-state index in [0.717, 1.165) is 11.7 Å². The van der Waals surface area contributed by atoms with Crippen molar-refractivity contribution < 1.29 is 4.79 Å². The topological polar surface area (TPSA) is 80.7 Å². The smallest absolute Gasteiger partial charge is 0.156 e. The van der Waals surface area contributed by atoms with Crippen molar-refractivity contribution in [3.8, 4) is 0 Å². The molecule has 0 saturated carbocycles. The van der Waals surface area contributed by atoms with E-state index in [2.05, 4.69) is 24.0 Å². The zero-order valence-corrected chi connectivity index (χ0v) is 12.9. The second kappa shape index (κ2) is 5.51. The van der Waals surface area contributed by atoms with E-state index in [1.807, 2.05) is 0 Å². The van der Waals surface area contributed by atoms with E-state index >= 15 is 0 Å². The minimum Gasteiger partial charge on any atom is -0.336 e. The van der Waals surface area contributed by atoms with Gasteiger partial charge in [0, 0.05) is 0 Å². The van der Waals surface area contributed by atoms with E-state index in [-0.39, 0.29) is 16.5 Å². The molecule has 0 amide bonds. The lowest BCUT2D eigenvalue weighted by atomic mass is 10.2. The first-order chi connectivity index (χ1) is 10.1. The summed E-state index contributed by atoms with van der Waals surface area (Å²) in [5, 5.41) is 3.53. The summed E-state index contributed by atoms with van der Waals surface area (Å²) < 4.78 is 8.34. The maximum absolute atomic E-state index is 11.2. The molecule has 3 aromatic rings. The number of hydrogen-bond acceptors (Lipinski definition) is 7. The molecule has 0 fully saturated rings. The predicted molar refractivity (Wildman–Crippen MR) is 82.9 cm³/mol. The summed E-state index contributed by atoms with van der Waals surface area (Å²) in [4.78, 5) is 19.3. The number of benzene rings is 1. The summed E-state index contributed by atoms with van der Waals surface area (Å²) in [5.41, 5.74) is 2.01. The molecule has 9 heteroatoms. The molecule has 1 N–H and O–H groups in total. The summed E-state index contributed by atoms with van der Waals surface area (Å²) >= 11 is 13.2. The molecule has 3 rings (SSSR count). The van der Waals surface area contributed by atoms with Crippen molar-refractivity contribution in [1.29, 1.82) is 0 Å². The van der Waals surface area contributed by atoms with Crippen LogP contribution in [0.3, 0.4) is 0 Å². The molecular weight excluding hydrogens is 333 g/mol. The first-order valence-corrected chi connectivity index (χ1v) is 7.26. The van der Waals surface area contributed by atoms with E-state index in [0.29, 0.717) is 33.9 Å². The van der Waals surface area contributed by atoms with Gasteiger partial charge in [-0.3, -0.25) is 4.79 Å². The molecule has 2 heterocycles. The van der Waals surface area contributed by atoms with Crippen LogP contribution in [0.25, 0.3) is 11.0 Å². The Morgan fingerprint density at radius 2 is 2.05 bits per heavy atom. The highest BCUT2D eigenvalue weighted by Crippen LogP contribution is 2.33. The molecule has 0 aliphatic heterocycles. The number of aryl methyl sites for hydroxylation is 1. The van der Waals surface area contributed by atoms with Gasteiger partial charge >= 0.3 is 0 Å². The van der Waals surface area contributed by atoms with Crippen LogP contribution in [0.4, 0.5) is 11.5 Å². The molecule has 21 heavy (non-hydrogen) atoms. The Morgan fingerprint density at radius 1 is 1.24 bits per heavy atom. The van der Waals surface area contributed by atoms with Gasteiger partial charge in [0.15, 0.2) is 6.29 Å². The zero-order valence-electron chi connectivity index (χ0n) is 10.6. The van der Waals surface area contributed by atoms with Crippen molar-refractivity contribution in [1.82, 2.24) is 18.7 Å². The number of rotatable bonds is 3. The standard InChI is InChI=1S/C12H7Cl2N5OS/c1-5-15-11(14)6(4-20)12(16-5)17-9-7(13)2-3-8-10(9)19-21-18-8/h2-4H,1H3,(H,15,16,17). The Hall–Kier alpha value is -1.83. The predicted octanol–water partition coefficient (Wildman–Crippen LogP) is 3.65. The lowest BCUT2D eigenvalue weighted by Gasteiger charge is -2.11. The van der Waals surface area contributed by atoms with Crippen LogP contribution in [0.5, 0.6) is 0 Å². The van der Waals surface area contributed by atoms with E-state index in [1.165, 1.54) is 0 Å². The maximum Gasteiger partial charge on any atom is 0.156 e. The SMILES string of the molecule is Cc1nc(Cl)c(C=O)c(Nc2c(Cl)ccc3nsnc23)n1. The number of carbonyl (C=O) groups is 1. The molecule has 0 unspecified atom stereocenters. The molecule has 0 radical (unpaired) electrons. The third kappa shape index (κ3) is 2.55. The molecule has 2 aromatic heterocycles. The fourth-order valence-electron chi connectivity index (χ4n) is 1.81. The third-order valence-corrected chi connectivity index (χ3v) is 3.89. The van der Waals surface area contributed by atoms with Crippen molar-refractivity contribution >= 4 is 63.8 Å². The van der Waals surface area contributed by atoms with E-state index in [4.69, 9.17) is 23.2 Å². The minimum atomic E-state index is 0.0831. The Balaban J connectivity index is 2.17. The molecule has 0 bridgehead atoms. The number of aromatic nitrogens is 4. The van der Waals surface area contributed by atoms with Crippen LogP contribution in [0.1, 0.15) is 16.2 Å². The van der Waals surface area contributed by atoms with Crippen LogP contribution in [0, 0.1) is 6.92 Å². The number of nitrogens with one attached hydrogen (secondary N) is 1. The molecule has 6 nitrogen and oxygen atoms in total. The highest BCUT2D eigenvalue weighted by Gasteiger charge is 2.15. The normalized spacial score (nSPS) is 10.8. The van der Waals surface area contributed by atoms with Gasteiger partial charge in [-0.1, -0.05) is 23.2 Å². The number of carbonyl (C=O) groups excluding carboxylic acids is 1. The second-order valence-corrected chi connectivity index (χ2v) is 5.41. The highest BCUT2D eigenvalue weighted by atomic mass is 35.5. The van der Waals surface area contributed by atoms with E-state index in [1.54, 1.807) is 19.1 Å². The van der Waals surface area contributed by atoms with Crippen molar-refractivity contribution in [3.63, 3.8) is 0 Å². The first-order valence-electron chi connectivity index (χ1n) is 5.77. The lowest BCUT2D eigenvalue weighted by molar-refractivity contribution is 0.112. The van der Waals surface area contributed by atoms with Gasteiger partial charge in [-0.15, -0.1) is 0 Å². The van der Waals surface area contributed by atoms with E-state index in [9.17, 15) is 4.79 Å². The molecule has 0 atom stereocenters. The molecule has 0 aliphatic rings. The number of hydrogen-bond donors (Lipinski definition) is 1. The molecule has 106 valence electrons. The van der Waals surface area contributed by atoms with Crippen molar-refractivity contribution in [3.05, 3.63) is 33.7 Å². The van der Waals surface area contributed by atoms with Gasteiger partial charge in [0.1, 0.15) is 27.8 Å². The van der Waals surface area contributed by atoms with Gasteiger partial charge < -0.3 is 5.32 Å². The van der Waals surface area contributed by atoms with E-state index < -0.39 is 0 Å². The van der Waals surface area contributed by atoms with Crippen molar-refractivity contribution in [2.45, 2.75) is 6.92 Å². The summed E-state index contributed by atoms with van der Waals surface area (Å²) in [5.74, 6) is 0.720. The first kappa shape index (κ1) is 14.1. The number of fused-ring (bicyclic) bond motifs is 1. The lowest BCUT2D eigenvalue weighted by Crippen LogP contribution is -2.04. The second-order valence-electron chi connectivity index (χ2n) is 4.12. The number of aldehydes is 1. The monoisotopic (exact) mass is 339 g/mol. The van der Waals surface area contributed by atoms with Crippen molar-refractivity contribution in [2.75, 3.05) is 5.32 Å². The third-order valence-electron chi connectivity index (χ3n) is 2.75. The molecular formula is C12H7Cl2N5OS. The fraction of sp³-hybridized carbons (Fsp3) is 0.0833. The number of nitrogens with zero attached hydrogens (tertiary/aromatic N) is 4. The van der Waals surface area contributed by atoms with Crippen LogP contribution in [0.15, 0.2) is 12.1 Å². The van der Waals surface area contributed by atoms with Gasteiger partial charge in [-0.25, -0.2) is 9.97 Å². The van der Waals surface area contributed by atoms with Gasteiger partial charge in [0.2, 0.25) is 0 Å². The van der Waals surface area contributed by atoms with Crippen LogP contribution in [-0.2, 0) is 0 Å². The Morgan fingerprint density at radius 3 is 2.81 bits per heavy atom. The van der Waals surface area contributed by atoms with Gasteiger partial charge in [0.25, 0.3) is 0 Å². The van der Waals surface area contributed by atoms with Crippen molar-refractivity contribution in [2.24, 2.45) is 0 Å². The summed E-state index contributed by atoms with van der Waals surface area (Å²) in [6.45, 7) is 1.68. The summed E-state index contributed by atoms with van der Waals surface area (Å²) in [6.07, 6.45) is 0.595. The number of anilines is 2. The van der Waals surface area contributed by atoms with Crippen LogP contribution in [0.2, 0.25) is 10.2 Å². The minimum absolute atomic E-state index is 0.0831. The average molecular weight is 340 g/mol. The van der Waals surface area contributed by atoms with Crippen LogP contribution < -0.4 is 5.32 Å². The van der Waals surface area contributed by atoms with Crippen LogP contribution >= 0.6 is 34.9 Å². The molecule has 0 aliphatic carbocycles. The zero-order chi connectivity index (χ0) is 15.0.